The number of benzene rings is 1. The summed E-state index contributed by atoms with van der Waals surface area (Å²) in [4.78, 5) is 0. The van der Waals surface area contributed by atoms with Gasteiger partial charge in [-0.2, -0.15) is 0 Å². The highest BCUT2D eigenvalue weighted by Crippen LogP contribution is 2.09. The van der Waals surface area contributed by atoms with Crippen molar-refractivity contribution in [1.29, 1.82) is 0 Å². The minimum Gasteiger partial charge on any atom is -0.312 e. The molecule has 16 heavy (non-hydrogen) atoms. The predicted molar refractivity (Wildman–Crippen MR) is 62.3 cm³/mol. The van der Waals surface area contributed by atoms with Crippen LogP contribution in [0.25, 0.3) is 11.0 Å². The first kappa shape index (κ1) is 10.9. The lowest BCUT2D eigenvalue weighted by Gasteiger charge is -1.93. The minimum absolute atomic E-state index is 0.420. The van der Waals surface area contributed by atoms with E-state index in [0.29, 0.717) is 5.62 Å². The predicted octanol–water partition coefficient (Wildman–Crippen LogP) is 0.377. The van der Waals surface area contributed by atoms with Crippen molar-refractivity contribution in [3.63, 3.8) is 0 Å². The second-order valence-corrected chi connectivity index (χ2v) is 5.38. The second-order valence-electron chi connectivity index (χ2n) is 3.73. The van der Waals surface area contributed by atoms with Crippen LogP contribution in [0.2, 0.25) is 0 Å². The number of nitrogens with zero attached hydrogens (tertiary/aromatic N) is 3. The van der Waals surface area contributed by atoms with Gasteiger partial charge in [0.2, 0.25) is 5.62 Å². The van der Waals surface area contributed by atoms with E-state index < -0.39 is 10.0 Å². The lowest BCUT2D eigenvalue weighted by molar-refractivity contribution is 0.599. The Morgan fingerprint density at radius 1 is 1.06 bits per heavy atom. The van der Waals surface area contributed by atoms with Gasteiger partial charge in [-0.15, -0.1) is 4.40 Å². The third-order valence-electron chi connectivity index (χ3n) is 2.45. The molecular weight excluding hydrogens is 226 g/mol. The molecule has 86 valence electrons. The summed E-state index contributed by atoms with van der Waals surface area (Å²) in [6.07, 6.45) is 1.09. The first-order valence-corrected chi connectivity index (χ1v) is 6.61. The zero-order valence-electron chi connectivity index (χ0n) is 9.38. The van der Waals surface area contributed by atoms with Gasteiger partial charge in [-0.25, -0.2) is 8.42 Å². The van der Waals surface area contributed by atoms with Crippen molar-refractivity contribution in [2.45, 2.75) is 0 Å². The highest BCUT2D eigenvalue weighted by atomic mass is 32.2. The SMILES string of the molecule is Cn1c(=NS(C)(=O)=O)n(C)c2ccccc21. The van der Waals surface area contributed by atoms with Crippen LogP contribution < -0.4 is 5.62 Å². The van der Waals surface area contributed by atoms with E-state index in [-0.39, 0.29) is 0 Å². The highest BCUT2D eigenvalue weighted by molar-refractivity contribution is 7.89. The Morgan fingerprint density at radius 3 is 1.88 bits per heavy atom. The van der Waals surface area contributed by atoms with Crippen LogP contribution in [0.1, 0.15) is 0 Å². The van der Waals surface area contributed by atoms with Crippen LogP contribution >= 0.6 is 0 Å². The molecule has 1 aromatic carbocycles. The summed E-state index contributed by atoms with van der Waals surface area (Å²) in [5.41, 5.74) is 2.32. The molecule has 0 spiro atoms. The normalized spacial score (nSPS) is 11.9. The fraction of sp³-hybridized carbons (Fsp3) is 0.300. The molecule has 0 radical (unpaired) electrons. The maximum Gasteiger partial charge on any atom is 0.253 e. The molecule has 2 rings (SSSR count). The standard InChI is InChI=1S/C10H13N3O2S/c1-12-8-6-4-5-7-9(8)13(2)10(12)11-16(3,14)15/h4-7H,1-3H3. The Bertz CT molecular complexity index is 665. The molecule has 0 saturated carbocycles. The van der Waals surface area contributed by atoms with Gasteiger partial charge in [-0.05, 0) is 12.1 Å². The van der Waals surface area contributed by atoms with Gasteiger partial charge in [-0.3, -0.25) is 0 Å². The zero-order chi connectivity index (χ0) is 11.9. The Kier molecular flexibility index (Phi) is 2.38. The summed E-state index contributed by atoms with van der Waals surface area (Å²) < 4.78 is 29.6. The monoisotopic (exact) mass is 239 g/mol. The third-order valence-corrected chi connectivity index (χ3v) is 2.95. The molecule has 0 aliphatic heterocycles. The fourth-order valence-corrected chi connectivity index (χ4v) is 2.28. The van der Waals surface area contributed by atoms with E-state index in [0.717, 1.165) is 17.3 Å². The number of aromatic nitrogens is 2. The van der Waals surface area contributed by atoms with Crippen molar-refractivity contribution in [1.82, 2.24) is 9.13 Å². The molecule has 5 nitrogen and oxygen atoms in total. The van der Waals surface area contributed by atoms with E-state index in [1.54, 1.807) is 23.2 Å². The highest BCUT2D eigenvalue weighted by Gasteiger charge is 2.07. The van der Waals surface area contributed by atoms with Crippen molar-refractivity contribution < 1.29 is 8.42 Å². The second kappa shape index (κ2) is 3.48. The van der Waals surface area contributed by atoms with Crippen LogP contribution in [0.4, 0.5) is 0 Å². The molecule has 0 unspecified atom stereocenters. The smallest absolute Gasteiger partial charge is 0.253 e. The summed E-state index contributed by atoms with van der Waals surface area (Å²) in [5.74, 6) is 0. The van der Waals surface area contributed by atoms with E-state index in [2.05, 4.69) is 4.40 Å². The van der Waals surface area contributed by atoms with Crippen molar-refractivity contribution in [3.8, 4) is 0 Å². The Hall–Kier alpha value is -1.56. The van der Waals surface area contributed by atoms with Gasteiger partial charge in [0.15, 0.2) is 0 Å². The van der Waals surface area contributed by atoms with Crippen LogP contribution in [0, 0.1) is 0 Å². The number of imidazole rings is 1. The summed E-state index contributed by atoms with van der Waals surface area (Å²) >= 11 is 0. The van der Waals surface area contributed by atoms with Crippen LogP contribution in [-0.4, -0.2) is 23.8 Å². The molecule has 0 aliphatic carbocycles. The number of fused-ring (bicyclic) bond motifs is 1. The molecule has 2 aromatic rings. The molecule has 1 heterocycles. The first-order valence-electron chi connectivity index (χ1n) is 4.76. The molecule has 1 aromatic heterocycles. The molecule has 6 heteroatoms. The van der Waals surface area contributed by atoms with Crippen LogP contribution in [0.15, 0.2) is 28.7 Å². The van der Waals surface area contributed by atoms with E-state index in [9.17, 15) is 8.42 Å². The molecule has 0 aliphatic rings. The molecular formula is C10H13N3O2S. The number of aryl methyl sites for hydroxylation is 2. The third kappa shape index (κ3) is 1.76. The largest absolute Gasteiger partial charge is 0.312 e. The lowest BCUT2D eigenvalue weighted by atomic mass is 10.3. The molecule has 0 bridgehead atoms. The van der Waals surface area contributed by atoms with Gasteiger partial charge in [0.1, 0.15) is 0 Å². The summed E-state index contributed by atoms with van der Waals surface area (Å²) in [6, 6.07) is 7.67. The minimum atomic E-state index is -3.39. The topological polar surface area (TPSA) is 56.4 Å². The first-order chi connectivity index (χ1) is 7.40. The van der Waals surface area contributed by atoms with Crippen LogP contribution in [0.3, 0.4) is 0 Å². The number of para-hydroxylation sites is 2. The van der Waals surface area contributed by atoms with Gasteiger partial charge in [-0.1, -0.05) is 12.1 Å². The van der Waals surface area contributed by atoms with E-state index >= 15 is 0 Å². The van der Waals surface area contributed by atoms with Gasteiger partial charge in [0, 0.05) is 14.1 Å². The van der Waals surface area contributed by atoms with E-state index in [1.807, 2.05) is 24.3 Å². The maximum absolute atomic E-state index is 11.2. The van der Waals surface area contributed by atoms with Crippen LogP contribution in [0.5, 0.6) is 0 Å². The Balaban J connectivity index is 2.98. The van der Waals surface area contributed by atoms with E-state index in [4.69, 9.17) is 0 Å². The summed E-state index contributed by atoms with van der Waals surface area (Å²) in [7, 11) is 0.209. The molecule has 0 amide bonds. The maximum atomic E-state index is 11.2. The summed E-state index contributed by atoms with van der Waals surface area (Å²) in [6.45, 7) is 0. The van der Waals surface area contributed by atoms with Crippen molar-refractivity contribution >= 4 is 21.1 Å². The van der Waals surface area contributed by atoms with Crippen molar-refractivity contribution in [2.24, 2.45) is 18.5 Å². The average molecular weight is 239 g/mol. The average Bonchev–Trinajstić information content (AvgIpc) is 2.43. The fourth-order valence-electron chi connectivity index (χ4n) is 1.74. The summed E-state index contributed by atoms with van der Waals surface area (Å²) in [5, 5.41) is 0. The van der Waals surface area contributed by atoms with Crippen LogP contribution in [-0.2, 0) is 24.1 Å². The van der Waals surface area contributed by atoms with Gasteiger partial charge in [0.25, 0.3) is 10.0 Å². The Morgan fingerprint density at radius 2 is 1.50 bits per heavy atom. The molecule has 0 saturated heterocycles. The van der Waals surface area contributed by atoms with Crippen molar-refractivity contribution in [3.05, 3.63) is 29.9 Å². The Labute approximate surface area is 93.7 Å². The number of hydrogen-bond donors (Lipinski definition) is 0. The van der Waals surface area contributed by atoms with Gasteiger partial charge in [0.05, 0.1) is 17.3 Å². The molecule has 0 atom stereocenters. The van der Waals surface area contributed by atoms with Gasteiger partial charge >= 0.3 is 0 Å². The number of sulfonamides is 1. The quantitative estimate of drug-likeness (QED) is 0.722. The number of rotatable bonds is 1. The van der Waals surface area contributed by atoms with Crippen molar-refractivity contribution in [2.75, 3.05) is 6.26 Å². The molecule has 0 fully saturated rings. The number of hydrogen-bond acceptors (Lipinski definition) is 2. The van der Waals surface area contributed by atoms with E-state index in [1.165, 1.54) is 0 Å². The lowest BCUT2D eigenvalue weighted by Crippen LogP contribution is -2.23. The van der Waals surface area contributed by atoms with Gasteiger partial charge < -0.3 is 9.13 Å². The zero-order valence-corrected chi connectivity index (χ0v) is 10.2. The molecule has 0 N–H and O–H groups in total.